The number of urea groups is 1. The predicted octanol–water partition coefficient (Wildman–Crippen LogP) is 0.620. The first-order valence-corrected chi connectivity index (χ1v) is 10.5. The summed E-state index contributed by atoms with van der Waals surface area (Å²) in [5.41, 5.74) is 0.831. The summed E-state index contributed by atoms with van der Waals surface area (Å²) in [6.07, 6.45) is 2.85. The van der Waals surface area contributed by atoms with E-state index in [1.165, 1.54) is 4.90 Å². The second-order valence-electron chi connectivity index (χ2n) is 7.62. The van der Waals surface area contributed by atoms with Gasteiger partial charge in [-0.1, -0.05) is 13.8 Å². The van der Waals surface area contributed by atoms with Gasteiger partial charge >= 0.3 is 6.03 Å². The smallest absolute Gasteiger partial charge is 0.328 e. The molecule has 9 nitrogen and oxygen atoms in total. The molecule has 0 spiro atoms. The highest BCUT2D eigenvalue weighted by Crippen LogP contribution is 2.25. The molecule has 0 aliphatic carbocycles. The number of carbonyl (C=O) groups is 2. The molecule has 2 unspecified atom stereocenters. The van der Waals surface area contributed by atoms with E-state index in [-0.39, 0.29) is 11.9 Å². The highest BCUT2D eigenvalue weighted by molar-refractivity contribution is 6.08. The fourth-order valence-corrected chi connectivity index (χ4v) is 4.10. The van der Waals surface area contributed by atoms with Crippen LogP contribution < -0.4 is 15.5 Å². The summed E-state index contributed by atoms with van der Waals surface area (Å²) in [7, 11) is 0. The van der Waals surface area contributed by atoms with Crippen LogP contribution in [0.4, 0.5) is 10.6 Å². The first-order valence-electron chi connectivity index (χ1n) is 10.5. The number of nitrogens with one attached hydrogen (secondary N) is 2. The lowest BCUT2D eigenvalue weighted by Crippen LogP contribution is -2.65. The molecule has 4 heterocycles. The Bertz CT molecular complexity index is 789. The number of piperazine rings is 1. The summed E-state index contributed by atoms with van der Waals surface area (Å²) in [5, 5.41) is 6.59. The zero-order valence-corrected chi connectivity index (χ0v) is 17.1. The van der Waals surface area contributed by atoms with E-state index >= 15 is 0 Å². The van der Waals surface area contributed by atoms with Crippen LogP contribution in [0.1, 0.15) is 32.3 Å². The number of carbonyl (C=O) groups excluding carboxylic acids is 2. The summed E-state index contributed by atoms with van der Waals surface area (Å²) in [4.78, 5) is 40.4. The zero-order chi connectivity index (χ0) is 20.4. The molecule has 3 aliphatic rings. The molecule has 2 N–H and O–H groups in total. The van der Waals surface area contributed by atoms with Crippen LogP contribution in [0.25, 0.3) is 0 Å². The minimum Gasteiger partial charge on any atom is -0.355 e. The number of aromatic nitrogens is 1. The van der Waals surface area contributed by atoms with Gasteiger partial charge in [-0.3, -0.25) is 14.6 Å². The fraction of sp³-hybridized carbons (Fsp3) is 0.600. The van der Waals surface area contributed by atoms with E-state index in [1.807, 2.05) is 26.0 Å². The van der Waals surface area contributed by atoms with Crippen LogP contribution in [0.2, 0.25) is 0 Å². The van der Waals surface area contributed by atoms with Crippen LogP contribution in [0.3, 0.4) is 0 Å². The average Bonchev–Trinajstić information content (AvgIpc) is 3.20. The highest BCUT2D eigenvalue weighted by atomic mass is 16.2. The van der Waals surface area contributed by atoms with Gasteiger partial charge in [0.15, 0.2) is 6.17 Å². The minimum atomic E-state index is -0.534. The summed E-state index contributed by atoms with van der Waals surface area (Å²) in [6.45, 7) is 8.78. The molecule has 0 bridgehead atoms. The third-order valence-corrected chi connectivity index (χ3v) is 5.55. The van der Waals surface area contributed by atoms with Crippen molar-refractivity contribution >= 4 is 23.6 Å². The van der Waals surface area contributed by atoms with Gasteiger partial charge < -0.3 is 15.5 Å². The third-order valence-electron chi connectivity index (χ3n) is 5.55. The molecule has 1 aromatic heterocycles. The van der Waals surface area contributed by atoms with E-state index in [9.17, 15) is 9.59 Å². The molecule has 2 fully saturated rings. The Kier molecular flexibility index (Phi) is 5.66. The van der Waals surface area contributed by atoms with Crippen molar-refractivity contribution in [2.24, 2.45) is 4.99 Å². The second kappa shape index (κ2) is 8.36. The van der Waals surface area contributed by atoms with Crippen molar-refractivity contribution in [2.45, 2.75) is 38.9 Å². The maximum atomic E-state index is 12.9. The molecule has 3 amide bonds. The quantitative estimate of drug-likeness (QED) is 0.729. The highest BCUT2D eigenvalue weighted by Gasteiger charge is 2.49. The van der Waals surface area contributed by atoms with E-state index in [2.05, 4.69) is 20.5 Å². The first kappa shape index (κ1) is 19.6. The first-order chi connectivity index (χ1) is 14.1. The number of rotatable bonds is 6. The van der Waals surface area contributed by atoms with Crippen molar-refractivity contribution in [2.75, 3.05) is 44.2 Å². The van der Waals surface area contributed by atoms with Crippen LogP contribution >= 0.6 is 0 Å². The molecule has 0 saturated carbocycles. The van der Waals surface area contributed by atoms with Crippen molar-refractivity contribution in [3.8, 4) is 0 Å². The van der Waals surface area contributed by atoms with E-state index < -0.39 is 12.2 Å². The van der Waals surface area contributed by atoms with Gasteiger partial charge in [-0.2, -0.15) is 0 Å². The number of hydrogen-bond acceptors (Lipinski definition) is 7. The summed E-state index contributed by atoms with van der Waals surface area (Å²) < 4.78 is 0. The number of amides is 3. The van der Waals surface area contributed by atoms with E-state index in [0.717, 1.165) is 50.4 Å². The SMILES string of the molecule is CCCN1C(=O)C2NC(c3ccc(N4CCNCC4)nc3)=NC2N(CCC)C1=O. The maximum absolute atomic E-state index is 12.9. The Morgan fingerprint density at radius 1 is 1.10 bits per heavy atom. The van der Waals surface area contributed by atoms with Crippen LogP contribution in [0.15, 0.2) is 23.3 Å². The zero-order valence-electron chi connectivity index (χ0n) is 17.1. The number of amidine groups is 1. The maximum Gasteiger partial charge on any atom is 0.328 e. The lowest BCUT2D eigenvalue weighted by molar-refractivity contribution is -0.134. The van der Waals surface area contributed by atoms with Crippen molar-refractivity contribution < 1.29 is 9.59 Å². The third kappa shape index (κ3) is 3.66. The number of pyridine rings is 1. The molecule has 0 radical (unpaired) electrons. The largest absolute Gasteiger partial charge is 0.355 e. The van der Waals surface area contributed by atoms with Gasteiger partial charge in [0.05, 0.1) is 0 Å². The molecular formula is C20H29N7O2. The molecule has 156 valence electrons. The van der Waals surface area contributed by atoms with Gasteiger partial charge in [0.1, 0.15) is 17.7 Å². The van der Waals surface area contributed by atoms with Crippen molar-refractivity contribution in [3.05, 3.63) is 23.9 Å². The molecule has 3 aliphatic heterocycles. The van der Waals surface area contributed by atoms with Crippen LogP contribution in [0, 0.1) is 0 Å². The lowest BCUT2D eigenvalue weighted by Gasteiger charge is -2.40. The summed E-state index contributed by atoms with van der Waals surface area (Å²) in [6, 6.07) is 3.20. The molecule has 4 rings (SSSR count). The number of fused-ring (bicyclic) bond motifs is 1. The summed E-state index contributed by atoms with van der Waals surface area (Å²) in [5.74, 6) is 1.37. The van der Waals surface area contributed by atoms with Gasteiger partial charge in [0.25, 0.3) is 5.91 Å². The van der Waals surface area contributed by atoms with Gasteiger partial charge in [0, 0.05) is 51.0 Å². The van der Waals surface area contributed by atoms with E-state index in [0.29, 0.717) is 18.9 Å². The Hall–Kier alpha value is -2.68. The molecule has 2 saturated heterocycles. The van der Waals surface area contributed by atoms with E-state index in [4.69, 9.17) is 4.99 Å². The fourth-order valence-electron chi connectivity index (χ4n) is 4.10. The van der Waals surface area contributed by atoms with Gasteiger partial charge in [-0.25, -0.2) is 14.8 Å². The predicted molar refractivity (Wildman–Crippen MR) is 111 cm³/mol. The number of anilines is 1. The van der Waals surface area contributed by atoms with Crippen molar-refractivity contribution in [1.82, 2.24) is 25.4 Å². The minimum absolute atomic E-state index is 0.196. The second-order valence-corrected chi connectivity index (χ2v) is 7.62. The molecule has 0 aromatic carbocycles. The van der Waals surface area contributed by atoms with E-state index in [1.54, 1.807) is 11.1 Å². The molecular weight excluding hydrogens is 370 g/mol. The molecule has 2 atom stereocenters. The van der Waals surface area contributed by atoms with Crippen LogP contribution in [-0.2, 0) is 4.79 Å². The Balaban J connectivity index is 1.55. The normalized spacial score (nSPS) is 24.5. The van der Waals surface area contributed by atoms with Gasteiger partial charge in [0.2, 0.25) is 0 Å². The van der Waals surface area contributed by atoms with Crippen LogP contribution in [-0.4, -0.2) is 84.0 Å². The van der Waals surface area contributed by atoms with Crippen molar-refractivity contribution in [3.63, 3.8) is 0 Å². The average molecular weight is 399 g/mol. The molecule has 1 aromatic rings. The molecule has 29 heavy (non-hydrogen) atoms. The number of aliphatic imine (C=N–C) groups is 1. The Morgan fingerprint density at radius 2 is 1.86 bits per heavy atom. The topological polar surface area (TPSA) is 93.2 Å². The van der Waals surface area contributed by atoms with Gasteiger partial charge in [-0.15, -0.1) is 0 Å². The standard InChI is InChI=1S/C20H29N7O2/c1-3-9-26-18-16(19(28)27(10-4-2)20(26)29)23-17(24-18)14-5-6-15(22-13-14)25-11-7-21-8-12-25/h5-6,13,16,18,21H,3-4,7-12H2,1-2H3,(H,23,24). The van der Waals surface area contributed by atoms with Gasteiger partial charge in [-0.05, 0) is 25.0 Å². The number of hydrogen-bond donors (Lipinski definition) is 2. The van der Waals surface area contributed by atoms with Crippen LogP contribution in [0.5, 0.6) is 0 Å². The Labute approximate surface area is 171 Å². The summed E-state index contributed by atoms with van der Waals surface area (Å²) >= 11 is 0. The lowest BCUT2D eigenvalue weighted by atomic mass is 10.1. The number of nitrogens with zero attached hydrogens (tertiary/aromatic N) is 5. The number of imide groups is 1. The van der Waals surface area contributed by atoms with Crippen molar-refractivity contribution in [1.29, 1.82) is 0 Å². The Morgan fingerprint density at radius 3 is 2.52 bits per heavy atom. The molecule has 9 heteroatoms. The monoisotopic (exact) mass is 399 g/mol.